The molecule has 7 heteroatoms. The molecule has 5 nitrogen and oxygen atoms in total. The molecule has 3 rings (SSSR count). The summed E-state index contributed by atoms with van der Waals surface area (Å²) in [6.07, 6.45) is 2.22. The lowest BCUT2D eigenvalue weighted by atomic mass is 10.2. The van der Waals surface area contributed by atoms with Gasteiger partial charge in [-0.1, -0.05) is 43.3 Å². The average Bonchev–Trinajstić information content (AvgIpc) is 3.21. The van der Waals surface area contributed by atoms with E-state index in [-0.39, 0.29) is 5.91 Å². The van der Waals surface area contributed by atoms with Crippen molar-refractivity contribution in [1.82, 2.24) is 14.8 Å². The van der Waals surface area contributed by atoms with Gasteiger partial charge in [0.25, 0.3) is 0 Å². The second-order valence-electron chi connectivity index (χ2n) is 5.62. The van der Waals surface area contributed by atoms with Crippen LogP contribution in [-0.2, 0) is 18.3 Å². The molecule has 2 heterocycles. The van der Waals surface area contributed by atoms with Crippen molar-refractivity contribution in [3.05, 3.63) is 46.7 Å². The Balaban J connectivity index is 1.62. The SMILES string of the molecule is CCCc1cc(-c2nnc(SCC(=O)Nc3ccccc3)n2C)cs1. The number of aromatic nitrogens is 3. The van der Waals surface area contributed by atoms with E-state index < -0.39 is 0 Å². The lowest BCUT2D eigenvalue weighted by Crippen LogP contribution is -2.14. The number of aryl methyl sites for hydroxylation is 1. The molecule has 0 bridgehead atoms. The van der Waals surface area contributed by atoms with Crippen LogP contribution >= 0.6 is 23.1 Å². The molecule has 0 aliphatic heterocycles. The molecule has 0 unspecified atom stereocenters. The van der Waals surface area contributed by atoms with Crippen LogP contribution in [0.15, 0.2) is 46.9 Å². The zero-order valence-electron chi connectivity index (χ0n) is 14.2. The molecule has 3 aromatic rings. The van der Waals surface area contributed by atoms with E-state index in [1.807, 2.05) is 41.9 Å². The monoisotopic (exact) mass is 372 g/mol. The van der Waals surface area contributed by atoms with E-state index in [1.165, 1.54) is 16.6 Å². The number of hydrogen-bond acceptors (Lipinski definition) is 5. The molecular formula is C18H20N4OS2. The fraction of sp³-hybridized carbons (Fsp3) is 0.278. The summed E-state index contributed by atoms with van der Waals surface area (Å²) < 4.78 is 1.94. The van der Waals surface area contributed by atoms with Crippen LogP contribution in [0.5, 0.6) is 0 Å². The molecule has 0 radical (unpaired) electrons. The molecule has 1 aromatic carbocycles. The number of amides is 1. The normalized spacial score (nSPS) is 10.8. The Bertz CT molecular complexity index is 842. The molecule has 0 fully saturated rings. The van der Waals surface area contributed by atoms with E-state index in [0.29, 0.717) is 5.75 Å². The maximum absolute atomic E-state index is 12.1. The number of thiophene rings is 1. The Kier molecular flexibility index (Phi) is 5.88. The third kappa shape index (κ3) is 4.49. The Labute approximate surface area is 155 Å². The molecule has 0 saturated carbocycles. The van der Waals surface area contributed by atoms with Crippen molar-refractivity contribution in [2.45, 2.75) is 24.9 Å². The summed E-state index contributed by atoms with van der Waals surface area (Å²) in [5, 5.41) is 14.2. The van der Waals surface area contributed by atoms with Crippen molar-refractivity contribution in [1.29, 1.82) is 0 Å². The van der Waals surface area contributed by atoms with E-state index in [0.717, 1.165) is 35.1 Å². The van der Waals surface area contributed by atoms with Gasteiger partial charge in [-0.05, 0) is 24.6 Å². The van der Waals surface area contributed by atoms with Crippen LogP contribution in [0.25, 0.3) is 11.4 Å². The zero-order valence-corrected chi connectivity index (χ0v) is 15.9. The van der Waals surface area contributed by atoms with Gasteiger partial charge in [0.15, 0.2) is 11.0 Å². The second-order valence-corrected chi connectivity index (χ2v) is 7.56. The number of carbonyl (C=O) groups excluding carboxylic acids is 1. The van der Waals surface area contributed by atoms with Gasteiger partial charge >= 0.3 is 0 Å². The quantitative estimate of drug-likeness (QED) is 0.631. The van der Waals surface area contributed by atoms with Gasteiger partial charge < -0.3 is 9.88 Å². The maximum atomic E-state index is 12.1. The largest absolute Gasteiger partial charge is 0.325 e. The van der Waals surface area contributed by atoms with Crippen LogP contribution in [0, 0.1) is 0 Å². The van der Waals surface area contributed by atoms with Gasteiger partial charge in [0.2, 0.25) is 5.91 Å². The van der Waals surface area contributed by atoms with Crippen molar-refractivity contribution in [3.8, 4) is 11.4 Å². The molecule has 2 aromatic heterocycles. The number of thioether (sulfide) groups is 1. The van der Waals surface area contributed by atoms with Crippen LogP contribution in [0.3, 0.4) is 0 Å². The number of rotatable bonds is 7. The average molecular weight is 373 g/mol. The standard InChI is InChI=1S/C18H20N4OS2/c1-3-7-15-10-13(11-24-15)17-20-21-18(22(17)2)25-12-16(23)19-14-8-5-4-6-9-14/h4-6,8-11H,3,7,12H2,1-2H3,(H,19,23). The van der Waals surface area contributed by atoms with Crippen molar-refractivity contribution in [2.24, 2.45) is 7.05 Å². The number of benzene rings is 1. The van der Waals surface area contributed by atoms with Crippen molar-refractivity contribution in [3.63, 3.8) is 0 Å². The lowest BCUT2D eigenvalue weighted by molar-refractivity contribution is -0.113. The highest BCUT2D eigenvalue weighted by molar-refractivity contribution is 7.99. The van der Waals surface area contributed by atoms with E-state index in [2.05, 4.69) is 33.9 Å². The van der Waals surface area contributed by atoms with Crippen LogP contribution in [0.2, 0.25) is 0 Å². The van der Waals surface area contributed by atoms with E-state index in [4.69, 9.17) is 0 Å². The highest BCUT2D eigenvalue weighted by atomic mass is 32.2. The first-order valence-electron chi connectivity index (χ1n) is 8.12. The maximum Gasteiger partial charge on any atom is 0.234 e. The zero-order chi connectivity index (χ0) is 17.6. The minimum Gasteiger partial charge on any atom is -0.325 e. The fourth-order valence-electron chi connectivity index (χ4n) is 2.42. The number of carbonyl (C=O) groups is 1. The van der Waals surface area contributed by atoms with E-state index in [1.54, 1.807) is 11.3 Å². The molecule has 1 amide bonds. The minimum atomic E-state index is -0.0542. The molecule has 0 spiro atoms. The first kappa shape index (κ1) is 17.7. The van der Waals surface area contributed by atoms with Gasteiger partial charge in [-0.2, -0.15) is 0 Å². The lowest BCUT2D eigenvalue weighted by Gasteiger charge is -2.05. The van der Waals surface area contributed by atoms with Gasteiger partial charge in [0.05, 0.1) is 5.75 Å². The molecule has 0 aliphatic carbocycles. The van der Waals surface area contributed by atoms with E-state index in [9.17, 15) is 4.79 Å². The van der Waals surface area contributed by atoms with Crippen LogP contribution in [-0.4, -0.2) is 26.4 Å². The fourth-order valence-corrected chi connectivity index (χ4v) is 4.10. The summed E-state index contributed by atoms with van der Waals surface area (Å²) in [7, 11) is 1.93. The Morgan fingerprint density at radius 1 is 1.28 bits per heavy atom. The van der Waals surface area contributed by atoms with Crippen molar-refractivity contribution < 1.29 is 4.79 Å². The first-order chi connectivity index (χ1) is 12.2. The van der Waals surface area contributed by atoms with Gasteiger partial charge in [-0.25, -0.2) is 0 Å². The molecule has 0 aliphatic rings. The number of hydrogen-bond donors (Lipinski definition) is 1. The molecule has 1 N–H and O–H groups in total. The van der Waals surface area contributed by atoms with Crippen LogP contribution < -0.4 is 5.32 Å². The predicted octanol–water partition coefficient (Wildman–Crippen LogP) is 4.23. The number of anilines is 1. The summed E-state index contributed by atoms with van der Waals surface area (Å²) in [5.41, 5.74) is 1.89. The second kappa shape index (κ2) is 8.31. The predicted molar refractivity (Wildman–Crippen MR) is 104 cm³/mol. The van der Waals surface area contributed by atoms with Crippen LogP contribution in [0.1, 0.15) is 18.2 Å². The van der Waals surface area contributed by atoms with Gasteiger partial charge in [0, 0.05) is 28.6 Å². The molecule has 130 valence electrons. The Morgan fingerprint density at radius 3 is 2.84 bits per heavy atom. The molecule has 0 atom stereocenters. The number of para-hydroxylation sites is 1. The van der Waals surface area contributed by atoms with Crippen LogP contribution in [0.4, 0.5) is 5.69 Å². The molecular weight excluding hydrogens is 352 g/mol. The van der Waals surface area contributed by atoms with Crippen molar-refractivity contribution >= 4 is 34.7 Å². The third-order valence-electron chi connectivity index (χ3n) is 3.63. The molecule has 0 saturated heterocycles. The topological polar surface area (TPSA) is 59.8 Å². The summed E-state index contributed by atoms with van der Waals surface area (Å²) in [6.45, 7) is 2.18. The van der Waals surface area contributed by atoms with Crippen molar-refractivity contribution in [2.75, 3.05) is 11.1 Å². The summed E-state index contributed by atoms with van der Waals surface area (Å²) in [6, 6.07) is 11.6. The van der Waals surface area contributed by atoms with Gasteiger partial charge in [-0.3, -0.25) is 4.79 Å². The first-order valence-corrected chi connectivity index (χ1v) is 9.98. The summed E-state index contributed by atoms with van der Waals surface area (Å²) in [5.74, 6) is 1.08. The number of nitrogens with one attached hydrogen (secondary N) is 1. The smallest absolute Gasteiger partial charge is 0.234 e. The Hall–Kier alpha value is -2.12. The highest BCUT2D eigenvalue weighted by Gasteiger charge is 2.14. The summed E-state index contributed by atoms with van der Waals surface area (Å²) in [4.78, 5) is 13.4. The third-order valence-corrected chi connectivity index (χ3v) is 5.65. The summed E-state index contributed by atoms with van der Waals surface area (Å²) >= 11 is 3.14. The highest BCUT2D eigenvalue weighted by Crippen LogP contribution is 2.27. The van der Waals surface area contributed by atoms with E-state index >= 15 is 0 Å². The van der Waals surface area contributed by atoms with Gasteiger partial charge in [0.1, 0.15) is 0 Å². The molecule has 25 heavy (non-hydrogen) atoms. The number of nitrogens with zero attached hydrogens (tertiary/aromatic N) is 3. The Morgan fingerprint density at radius 2 is 2.08 bits per heavy atom. The minimum absolute atomic E-state index is 0.0542. The van der Waals surface area contributed by atoms with Gasteiger partial charge in [-0.15, -0.1) is 21.5 Å².